The van der Waals surface area contributed by atoms with Crippen molar-refractivity contribution in [3.63, 3.8) is 0 Å². The molecule has 0 unspecified atom stereocenters. The molecule has 0 aliphatic heterocycles. The molecule has 2 aromatic carbocycles. The molecule has 0 atom stereocenters. The number of amides is 1. The molecule has 6 nitrogen and oxygen atoms in total. The fraction of sp³-hybridized carbons (Fsp3) is 0.100. The Kier molecular flexibility index (Phi) is 5.88. The molecule has 0 bridgehead atoms. The largest absolute Gasteiger partial charge is 0.348 e. The first-order chi connectivity index (χ1) is 13.8. The van der Waals surface area contributed by atoms with Gasteiger partial charge in [0.2, 0.25) is 0 Å². The Bertz CT molecular complexity index is 1140. The molecular formula is C20H17F2N3O3S. The highest BCUT2D eigenvalue weighted by Gasteiger charge is 2.26. The van der Waals surface area contributed by atoms with Crippen LogP contribution < -0.4 is 9.62 Å². The van der Waals surface area contributed by atoms with Crippen molar-refractivity contribution in [1.82, 2.24) is 10.3 Å². The first kappa shape index (κ1) is 20.4. The number of nitrogens with one attached hydrogen (secondary N) is 1. The van der Waals surface area contributed by atoms with E-state index in [1.807, 2.05) is 0 Å². The summed E-state index contributed by atoms with van der Waals surface area (Å²) in [6.45, 7) is -0.0944. The summed E-state index contributed by atoms with van der Waals surface area (Å²) in [4.78, 5) is 16.3. The van der Waals surface area contributed by atoms with Crippen LogP contribution in [0.15, 0.2) is 71.9 Å². The number of carbonyl (C=O) groups excluding carboxylic acids is 1. The van der Waals surface area contributed by atoms with E-state index >= 15 is 0 Å². The maximum atomic E-state index is 13.3. The lowest BCUT2D eigenvalue weighted by atomic mass is 10.2. The molecule has 0 aliphatic carbocycles. The van der Waals surface area contributed by atoms with Gasteiger partial charge in [0, 0.05) is 19.8 Å². The number of hydrogen-bond donors (Lipinski definition) is 1. The van der Waals surface area contributed by atoms with E-state index in [2.05, 4.69) is 10.3 Å². The number of rotatable bonds is 6. The van der Waals surface area contributed by atoms with Crippen LogP contribution in [-0.2, 0) is 16.6 Å². The molecule has 0 spiro atoms. The topological polar surface area (TPSA) is 79.4 Å². The summed E-state index contributed by atoms with van der Waals surface area (Å²) in [5.74, 6) is -2.68. The molecular weight excluding hydrogens is 400 g/mol. The second-order valence-electron chi connectivity index (χ2n) is 6.11. The van der Waals surface area contributed by atoms with Crippen LogP contribution in [-0.4, -0.2) is 26.4 Å². The van der Waals surface area contributed by atoms with Crippen molar-refractivity contribution in [2.45, 2.75) is 11.4 Å². The molecule has 1 N–H and O–H groups in total. The van der Waals surface area contributed by atoms with Gasteiger partial charge in [0.15, 0.2) is 11.6 Å². The number of sulfonamides is 1. The van der Waals surface area contributed by atoms with Crippen LogP contribution in [0.4, 0.5) is 14.5 Å². The Labute approximate surface area is 166 Å². The van der Waals surface area contributed by atoms with E-state index in [1.54, 1.807) is 12.1 Å². The van der Waals surface area contributed by atoms with E-state index in [0.29, 0.717) is 11.3 Å². The van der Waals surface area contributed by atoms with Gasteiger partial charge < -0.3 is 5.32 Å². The van der Waals surface area contributed by atoms with Crippen molar-refractivity contribution in [3.05, 3.63) is 89.8 Å². The highest BCUT2D eigenvalue weighted by molar-refractivity contribution is 7.92. The Hall–Kier alpha value is -3.33. The normalized spacial score (nSPS) is 11.1. The van der Waals surface area contributed by atoms with Crippen LogP contribution in [0, 0.1) is 11.6 Å². The van der Waals surface area contributed by atoms with Crippen molar-refractivity contribution in [2.24, 2.45) is 0 Å². The molecule has 1 amide bonds. The number of hydrogen-bond acceptors (Lipinski definition) is 4. The lowest BCUT2D eigenvalue weighted by Gasteiger charge is -2.20. The zero-order chi connectivity index (χ0) is 21.0. The second kappa shape index (κ2) is 8.36. The number of aromatic nitrogens is 1. The summed E-state index contributed by atoms with van der Waals surface area (Å²) in [5, 5.41) is 2.53. The second-order valence-corrected chi connectivity index (χ2v) is 8.05. The smallest absolute Gasteiger partial charge is 0.264 e. The molecule has 0 aliphatic rings. The molecule has 150 valence electrons. The zero-order valence-electron chi connectivity index (χ0n) is 15.3. The Morgan fingerprint density at radius 1 is 1.07 bits per heavy atom. The van der Waals surface area contributed by atoms with Crippen LogP contribution in [0.3, 0.4) is 0 Å². The van der Waals surface area contributed by atoms with Crippen molar-refractivity contribution in [1.29, 1.82) is 0 Å². The van der Waals surface area contributed by atoms with E-state index in [0.717, 1.165) is 16.4 Å². The number of anilines is 1. The predicted molar refractivity (Wildman–Crippen MR) is 104 cm³/mol. The molecule has 29 heavy (non-hydrogen) atoms. The van der Waals surface area contributed by atoms with Gasteiger partial charge in [-0.2, -0.15) is 0 Å². The molecule has 3 aromatic rings. The van der Waals surface area contributed by atoms with Gasteiger partial charge >= 0.3 is 0 Å². The van der Waals surface area contributed by atoms with Crippen molar-refractivity contribution in [2.75, 3.05) is 11.4 Å². The van der Waals surface area contributed by atoms with Crippen molar-refractivity contribution >= 4 is 21.6 Å². The maximum absolute atomic E-state index is 13.3. The molecule has 0 radical (unpaired) electrons. The SMILES string of the molecule is CN(c1cccnc1)S(=O)(=O)c1ccccc1C(=O)NCc1ccc(F)c(F)c1. The summed E-state index contributed by atoms with van der Waals surface area (Å²) < 4.78 is 53.5. The maximum Gasteiger partial charge on any atom is 0.264 e. The van der Waals surface area contributed by atoms with Gasteiger partial charge in [-0.15, -0.1) is 0 Å². The third-order valence-corrected chi connectivity index (χ3v) is 6.06. The minimum Gasteiger partial charge on any atom is -0.348 e. The number of benzene rings is 2. The van der Waals surface area contributed by atoms with Gasteiger partial charge in [0.1, 0.15) is 4.90 Å². The van der Waals surface area contributed by atoms with E-state index in [-0.39, 0.29) is 17.0 Å². The number of halogens is 2. The number of nitrogens with zero attached hydrogens (tertiary/aromatic N) is 2. The third-order valence-electron chi connectivity index (χ3n) is 4.22. The fourth-order valence-electron chi connectivity index (χ4n) is 2.63. The molecule has 9 heteroatoms. The van der Waals surface area contributed by atoms with Crippen LogP contribution >= 0.6 is 0 Å². The molecule has 0 saturated heterocycles. The standard InChI is InChI=1S/C20H17F2N3O3S/c1-25(15-5-4-10-23-13-15)29(27,28)19-7-3-2-6-16(19)20(26)24-12-14-8-9-17(21)18(22)11-14/h2-11,13H,12H2,1H3,(H,24,26). The van der Waals surface area contributed by atoms with Crippen LogP contribution in [0.5, 0.6) is 0 Å². The summed E-state index contributed by atoms with van der Waals surface area (Å²) in [6.07, 6.45) is 2.91. The van der Waals surface area contributed by atoms with Gasteiger partial charge in [0.25, 0.3) is 15.9 Å². The van der Waals surface area contributed by atoms with Crippen molar-refractivity contribution in [3.8, 4) is 0 Å². The molecule has 1 aromatic heterocycles. The minimum absolute atomic E-state index is 0.0641. The Morgan fingerprint density at radius 3 is 2.52 bits per heavy atom. The third kappa shape index (κ3) is 4.40. The van der Waals surface area contributed by atoms with Crippen LogP contribution in [0.25, 0.3) is 0 Å². The van der Waals surface area contributed by atoms with E-state index < -0.39 is 27.6 Å². The average Bonchev–Trinajstić information content (AvgIpc) is 2.74. The average molecular weight is 417 g/mol. The van der Waals surface area contributed by atoms with E-state index in [1.165, 1.54) is 49.8 Å². The zero-order valence-corrected chi connectivity index (χ0v) is 16.2. The fourth-order valence-corrected chi connectivity index (χ4v) is 4.00. The quantitative estimate of drug-likeness (QED) is 0.668. The number of carbonyl (C=O) groups is 1. The Morgan fingerprint density at radius 2 is 1.83 bits per heavy atom. The molecule has 3 rings (SSSR count). The lowest BCUT2D eigenvalue weighted by molar-refractivity contribution is 0.0947. The van der Waals surface area contributed by atoms with E-state index in [4.69, 9.17) is 0 Å². The minimum atomic E-state index is -4.04. The highest BCUT2D eigenvalue weighted by atomic mass is 32.2. The molecule has 1 heterocycles. The van der Waals surface area contributed by atoms with Gasteiger partial charge in [-0.3, -0.25) is 14.1 Å². The van der Waals surface area contributed by atoms with Crippen LogP contribution in [0.2, 0.25) is 0 Å². The summed E-state index contributed by atoms with van der Waals surface area (Å²) in [7, 11) is -2.68. The van der Waals surface area contributed by atoms with Gasteiger partial charge in [-0.1, -0.05) is 18.2 Å². The molecule has 0 saturated carbocycles. The monoisotopic (exact) mass is 417 g/mol. The van der Waals surface area contributed by atoms with Crippen LogP contribution in [0.1, 0.15) is 15.9 Å². The summed E-state index contributed by atoms with van der Waals surface area (Å²) >= 11 is 0. The van der Waals surface area contributed by atoms with Gasteiger partial charge in [-0.25, -0.2) is 17.2 Å². The van der Waals surface area contributed by atoms with Gasteiger partial charge in [0.05, 0.1) is 17.4 Å². The first-order valence-electron chi connectivity index (χ1n) is 8.51. The molecule has 0 fully saturated rings. The highest BCUT2D eigenvalue weighted by Crippen LogP contribution is 2.24. The first-order valence-corrected chi connectivity index (χ1v) is 9.95. The van der Waals surface area contributed by atoms with Gasteiger partial charge in [-0.05, 0) is 42.0 Å². The van der Waals surface area contributed by atoms with Crippen molar-refractivity contribution < 1.29 is 22.0 Å². The number of pyridine rings is 1. The Balaban J connectivity index is 1.86. The van der Waals surface area contributed by atoms with E-state index in [9.17, 15) is 22.0 Å². The summed E-state index contributed by atoms with van der Waals surface area (Å²) in [6, 6.07) is 12.2. The predicted octanol–water partition coefficient (Wildman–Crippen LogP) is 3.11. The summed E-state index contributed by atoms with van der Waals surface area (Å²) in [5.41, 5.74) is 0.611. The lowest BCUT2D eigenvalue weighted by Crippen LogP contribution is -2.30.